The second-order valence-electron chi connectivity index (χ2n) is 6.94. The summed E-state index contributed by atoms with van der Waals surface area (Å²) in [6, 6.07) is 14.0. The monoisotopic (exact) mass is 416 g/mol. The number of rotatable bonds is 6. The summed E-state index contributed by atoms with van der Waals surface area (Å²) in [6.45, 7) is 1.77. The summed E-state index contributed by atoms with van der Waals surface area (Å²) in [6.07, 6.45) is 0. The molecule has 0 heterocycles. The van der Waals surface area contributed by atoms with Gasteiger partial charge in [-0.25, -0.2) is 0 Å². The predicted octanol–water partition coefficient (Wildman–Crippen LogP) is 1.72. The fourth-order valence-electron chi connectivity index (χ4n) is 3.57. The largest absolute Gasteiger partial charge is 0.366 e. The standard InChI is InChI=1S/C23H20N4O4/c1-11-8-9-12(18-13(20(24)28)4-2-5-14(18)21(25)29)10-17(11)19-15(22(26)30)6-3-7-16(19)23(27)31/h2-10H,1H3,(H2,24,28)(H2,25,29)(H2,26,30)(H2,27,31). The summed E-state index contributed by atoms with van der Waals surface area (Å²) in [5.41, 5.74) is 24.7. The van der Waals surface area contributed by atoms with Gasteiger partial charge in [-0.3, -0.25) is 19.2 Å². The Kier molecular flexibility index (Phi) is 5.56. The van der Waals surface area contributed by atoms with Crippen LogP contribution in [0.3, 0.4) is 0 Å². The minimum atomic E-state index is -0.740. The van der Waals surface area contributed by atoms with Crippen molar-refractivity contribution in [3.63, 3.8) is 0 Å². The molecule has 3 rings (SSSR count). The van der Waals surface area contributed by atoms with Crippen molar-refractivity contribution in [2.24, 2.45) is 22.9 Å². The smallest absolute Gasteiger partial charge is 0.249 e. The highest BCUT2D eigenvalue weighted by Crippen LogP contribution is 2.36. The molecule has 0 radical (unpaired) electrons. The van der Waals surface area contributed by atoms with Crippen LogP contribution in [0.25, 0.3) is 22.3 Å². The molecule has 8 heteroatoms. The molecule has 0 aliphatic heterocycles. The van der Waals surface area contributed by atoms with E-state index in [0.717, 1.165) is 0 Å². The lowest BCUT2D eigenvalue weighted by atomic mass is 9.86. The third kappa shape index (κ3) is 3.86. The second kappa shape index (κ2) is 8.11. The van der Waals surface area contributed by atoms with Gasteiger partial charge < -0.3 is 22.9 Å². The van der Waals surface area contributed by atoms with E-state index in [9.17, 15) is 19.2 Å². The van der Waals surface area contributed by atoms with Crippen molar-refractivity contribution in [1.29, 1.82) is 0 Å². The molecule has 0 unspecified atom stereocenters. The summed E-state index contributed by atoms with van der Waals surface area (Å²) in [4.78, 5) is 48.2. The van der Waals surface area contributed by atoms with Gasteiger partial charge in [-0.2, -0.15) is 0 Å². The van der Waals surface area contributed by atoms with E-state index in [1.807, 2.05) is 0 Å². The zero-order valence-corrected chi connectivity index (χ0v) is 16.6. The summed E-state index contributed by atoms with van der Waals surface area (Å²) < 4.78 is 0. The first-order chi connectivity index (χ1) is 14.6. The van der Waals surface area contributed by atoms with Gasteiger partial charge in [0, 0.05) is 33.4 Å². The van der Waals surface area contributed by atoms with Crippen molar-refractivity contribution in [3.05, 3.63) is 82.4 Å². The molecule has 4 amide bonds. The molecule has 0 spiro atoms. The van der Waals surface area contributed by atoms with Gasteiger partial charge in [0.1, 0.15) is 0 Å². The van der Waals surface area contributed by atoms with Gasteiger partial charge in [0.2, 0.25) is 23.6 Å². The van der Waals surface area contributed by atoms with E-state index in [1.54, 1.807) is 25.1 Å². The number of hydrogen-bond donors (Lipinski definition) is 4. The zero-order valence-electron chi connectivity index (χ0n) is 16.6. The van der Waals surface area contributed by atoms with Gasteiger partial charge in [0.15, 0.2) is 0 Å². The van der Waals surface area contributed by atoms with Crippen LogP contribution in [-0.2, 0) is 0 Å². The van der Waals surface area contributed by atoms with Crippen LogP contribution in [0.2, 0.25) is 0 Å². The molecular formula is C23H20N4O4. The predicted molar refractivity (Wildman–Crippen MR) is 116 cm³/mol. The van der Waals surface area contributed by atoms with E-state index in [4.69, 9.17) is 22.9 Å². The van der Waals surface area contributed by atoms with Crippen molar-refractivity contribution in [2.45, 2.75) is 6.92 Å². The quantitative estimate of drug-likeness (QED) is 0.479. The average molecular weight is 416 g/mol. The molecule has 0 aliphatic rings. The van der Waals surface area contributed by atoms with Gasteiger partial charge in [-0.15, -0.1) is 0 Å². The van der Waals surface area contributed by atoms with Crippen LogP contribution >= 0.6 is 0 Å². The lowest BCUT2D eigenvalue weighted by Gasteiger charge is -2.17. The maximum Gasteiger partial charge on any atom is 0.249 e. The Morgan fingerprint density at radius 3 is 1.35 bits per heavy atom. The Labute approximate surface area is 177 Å². The van der Waals surface area contributed by atoms with Crippen molar-refractivity contribution in [3.8, 4) is 22.3 Å². The van der Waals surface area contributed by atoms with Gasteiger partial charge in [0.25, 0.3) is 0 Å². The first-order valence-electron chi connectivity index (χ1n) is 9.20. The third-order valence-electron chi connectivity index (χ3n) is 4.99. The first kappa shape index (κ1) is 21.3. The first-order valence-corrected chi connectivity index (χ1v) is 9.20. The molecule has 0 saturated carbocycles. The number of carbonyl (C=O) groups excluding carboxylic acids is 4. The van der Waals surface area contributed by atoms with Crippen LogP contribution in [0.1, 0.15) is 47.0 Å². The number of carbonyl (C=O) groups is 4. The van der Waals surface area contributed by atoms with Crippen molar-refractivity contribution in [1.82, 2.24) is 0 Å². The molecule has 0 atom stereocenters. The van der Waals surface area contributed by atoms with Crippen molar-refractivity contribution in [2.75, 3.05) is 0 Å². The van der Waals surface area contributed by atoms with E-state index >= 15 is 0 Å². The second-order valence-corrected chi connectivity index (χ2v) is 6.94. The number of hydrogen-bond acceptors (Lipinski definition) is 4. The minimum absolute atomic E-state index is 0.101. The highest BCUT2D eigenvalue weighted by Gasteiger charge is 2.22. The van der Waals surface area contributed by atoms with Gasteiger partial charge in [-0.1, -0.05) is 24.3 Å². The number of benzene rings is 3. The van der Waals surface area contributed by atoms with E-state index in [0.29, 0.717) is 16.7 Å². The van der Waals surface area contributed by atoms with E-state index in [2.05, 4.69) is 0 Å². The van der Waals surface area contributed by atoms with Crippen LogP contribution in [0.5, 0.6) is 0 Å². The van der Waals surface area contributed by atoms with Crippen LogP contribution in [0, 0.1) is 6.92 Å². The molecule has 0 saturated heterocycles. The lowest BCUT2D eigenvalue weighted by Crippen LogP contribution is -2.19. The zero-order chi connectivity index (χ0) is 22.9. The van der Waals surface area contributed by atoms with Gasteiger partial charge in [0.05, 0.1) is 0 Å². The summed E-state index contributed by atoms with van der Waals surface area (Å²) in [5.74, 6) is -2.96. The summed E-state index contributed by atoms with van der Waals surface area (Å²) in [5, 5.41) is 0. The molecule has 0 fully saturated rings. The van der Waals surface area contributed by atoms with Gasteiger partial charge >= 0.3 is 0 Å². The molecule has 3 aromatic rings. The van der Waals surface area contributed by atoms with E-state index in [-0.39, 0.29) is 33.4 Å². The topological polar surface area (TPSA) is 172 Å². The molecule has 0 bridgehead atoms. The third-order valence-corrected chi connectivity index (χ3v) is 4.99. The fourth-order valence-corrected chi connectivity index (χ4v) is 3.57. The van der Waals surface area contributed by atoms with Crippen LogP contribution in [-0.4, -0.2) is 23.6 Å². The van der Waals surface area contributed by atoms with Gasteiger partial charge in [-0.05, 0) is 53.9 Å². The molecule has 8 nitrogen and oxygen atoms in total. The number of aryl methyl sites for hydroxylation is 1. The van der Waals surface area contributed by atoms with E-state index < -0.39 is 23.6 Å². The van der Waals surface area contributed by atoms with Crippen LogP contribution in [0.15, 0.2) is 54.6 Å². The number of primary amides is 4. The Bertz CT molecular complexity index is 1200. The SMILES string of the molecule is Cc1ccc(-c2c(C(N)=O)cccc2C(N)=O)cc1-c1c(C(N)=O)cccc1C(N)=O. The number of nitrogens with two attached hydrogens (primary N) is 4. The highest BCUT2D eigenvalue weighted by atomic mass is 16.2. The molecular weight excluding hydrogens is 396 g/mol. The summed E-state index contributed by atoms with van der Waals surface area (Å²) >= 11 is 0. The Morgan fingerprint density at radius 1 is 0.581 bits per heavy atom. The molecule has 0 aliphatic carbocycles. The molecule has 0 aromatic heterocycles. The Morgan fingerprint density at radius 2 is 0.968 bits per heavy atom. The maximum absolute atomic E-state index is 12.1. The Hall–Kier alpha value is -4.46. The lowest BCUT2D eigenvalue weighted by molar-refractivity contribution is 0.0986. The van der Waals surface area contributed by atoms with Crippen LogP contribution in [0.4, 0.5) is 0 Å². The average Bonchev–Trinajstić information content (AvgIpc) is 2.72. The highest BCUT2D eigenvalue weighted by molar-refractivity contribution is 6.11. The fraction of sp³-hybridized carbons (Fsp3) is 0.0435. The maximum atomic E-state index is 12.1. The number of amides is 4. The van der Waals surface area contributed by atoms with Crippen LogP contribution < -0.4 is 22.9 Å². The molecule has 3 aromatic carbocycles. The summed E-state index contributed by atoms with van der Waals surface area (Å²) in [7, 11) is 0. The minimum Gasteiger partial charge on any atom is -0.366 e. The molecule has 156 valence electrons. The Balaban J connectivity index is 2.41. The molecule has 31 heavy (non-hydrogen) atoms. The van der Waals surface area contributed by atoms with E-state index in [1.165, 1.54) is 36.4 Å². The van der Waals surface area contributed by atoms with Crippen molar-refractivity contribution >= 4 is 23.6 Å². The molecule has 8 N–H and O–H groups in total. The normalized spacial score (nSPS) is 10.5. The van der Waals surface area contributed by atoms with Crippen molar-refractivity contribution < 1.29 is 19.2 Å².